The highest BCUT2D eigenvalue weighted by Gasteiger charge is 2.11. The highest BCUT2D eigenvalue weighted by atomic mass is 16.5. The van der Waals surface area contributed by atoms with E-state index in [2.05, 4.69) is 69.4 Å². The van der Waals surface area contributed by atoms with Crippen LogP contribution in [0, 0.1) is 27.7 Å². The van der Waals surface area contributed by atoms with Crippen molar-refractivity contribution in [2.24, 2.45) is 0 Å². The molecule has 2 aromatic carbocycles. The van der Waals surface area contributed by atoms with Gasteiger partial charge in [0.05, 0.1) is 6.04 Å². The van der Waals surface area contributed by atoms with E-state index in [1.807, 2.05) is 7.05 Å². The van der Waals surface area contributed by atoms with E-state index in [4.69, 9.17) is 4.74 Å². The lowest BCUT2D eigenvalue weighted by atomic mass is 10.0. The maximum absolute atomic E-state index is 5.99. The molecule has 0 saturated carbocycles. The van der Waals surface area contributed by atoms with E-state index in [9.17, 15) is 0 Å². The normalized spacial score (nSPS) is 12.2. The summed E-state index contributed by atoms with van der Waals surface area (Å²) in [5.74, 6) is 0.942. The van der Waals surface area contributed by atoms with Crippen molar-refractivity contribution in [3.63, 3.8) is 0 Å². The predicted molar refractivity (Wildman–Crippen MR) is 89.1 cm³/mol. The van der Waals surface area contributed by atoms with E-state index in [-0.39, 0.29) is 6.04 Å². The number of hydrogen-bond acceptors (Lipinski definition) is 2. The molecule has 0 amide bonds. The first-order valence-electron chi connectivity index (χ1n) is 7.44. The zero-order valence-electron chi connectivity index (χ0n) is 13.7. The molecule has 1 atom stereocenters. The van der Waals surface area contributed by atoms with Gasteiger partial charge in [-0.3, -0.25) is 0 Å². The first-order chi connectivity index (χ1) is 9.97. The topological polar surface area (TPSA) is 21.3 Å². The van der Waals surface area contributed by atoms with Crippen LogP contribution in [0.1, 0.15) is 33.9 Å². The van der Waals surface area contributed by atoms with Crippen LogP contribution in [0.15, 0.2) is 36.4 Å². The van der Waals surface area contributed by atoms with Gasteiger partial charge in [-0.2, -0.15) is 0 Å². The second kappa shape index (κ2) is 6.77. The number of nitrogens with one attached hydrogen (secondary N) is 1. The van der Waals surface area contributed by atoms with Crippen LogP contribution in [0.25, 0.3) is 0 Å². The zero-order valence-corrected chi connectivity index (χ0v) is 13.7. The Bertz CT molecular complexity index is 578. The first-order valence-corrected chi connectivity index (χ1v) is 7.44. The summed E-state index contributed by atoms with van der Waals surface area (Å²) in [6.07, 6.45) is 0. The van der Waals surface area contributed by atoms with Gasteiger partial charge in [-0.05, 0) is 63.6 Å². The quantitative estimate of drug-likeness (QED) is 0.885. The molecule has 0 radical (unpaired) electrons. The standard InChI is InChI=1S/C19H25NO/c1-13-6-14(2)9-17(8-13)19(20-5)12-21-18-10-15(3)7-16(4)11-18/h6-11,19-20H,12H2,1-5H3. The summed E-state index contributed by atoms with van der Waals surface area (Å²) in [5, 5.41) is 3.35. The van der Waals surface area contributed by atoms with Crippen LogP contribution in [0.4, 0.5) is 0 Å². The third-order valence-electron chi connectivity index (χ3n) is 3.61. The molecule has 2 heteroatoms. The summed E-state index contributed by atoms with van der Waals surface area (Å²) >= 11 is 0. The SMILES string of the molecule is CNC(COc1cc(C)cc(C)c1)c1cc(C)cc(C)c1. The number of rotatable bonds is 5. The summed E-state index contributed by atoms with van der Waals surface area (Å²) in [7, 11) is 1.98. The summed E-state index contributed by atoms with van der Waals surface area (Å²) < 4.78 is 5.99. The molecule has 2 aromatic rings. The average molecular weight is 283 g/mol. The lowest BCUT2D eigenvalue weighted by molar-refractivity contribution is 0.273. The smallest absolute Gasteiger partial charge is 0.119 e. The van der Waals surface area contributed by atoms with Gasteiger partial charge in [0.15, 0.2) is 0 Å². The van der Waals surface area contributed by atoms with E-state index >= 15 is 0 Å². The van der Waals surface area contributed by atoms with Gasteiger partial charge in [0.2, 0.25) is 0 Å². The van der Waals surface area contributed by atoms with Crippen molar-refractivity contribution in [2.75, 3.05) is 13.7 Å². The van der Waals surface area contributed by atoms with Crippen molar-refractivity contribution in [3.05, 3.63) is 64.2 Å². The first kappa shape index (κ1) is 15.6. The Hall–Kier alpha value is -1.80. The molecule has 0 aromatic heterocycles. The van der Waals surface area contributed by atoms with E-state index < -0.39 is 0 Å². The number of aryl methyl sites for hydroxylation is 4. The lowest BCUT2D eigenvalue weighted by Crippen LogP contribution is -2.23. The van der Waals surface area contributed by atoms with Crippen LogP contribution in [0.3, 0.4) is 0 Å². The minimum absolute atomic E-state index is 0.199. The van der Waals surface area contributed by atoms with Crippen molar-refractivity contribution in [2.45, 2.75) is 33.7 Å². The maximum Gasteiger partial charge on any atom is 0.119 e. The van der Waals surface area contributed by atoms with Crippen LogP contribution < -0.4 is 10.1 Å². The molecule has 0 aliphatic heterocycles. The summed E-state index contributed by atoms with van der Waals surface area (Å²) in [6.45, 7) is 9.09. The molecule has 0 spiro atoms. The van der Waals surface area contributed by atoms with E-state index in [0.717, 1.165) is 5.75 Å². The monoisotopic (exact) mass is 283 g/mol. The molecule has 21 heavy (non-hydrogen) atoms. The number of benzene rings is 2. The lowest BCUT2D eigenvalue weighted by Gasteiger charge is -2.19. The molecule has 0 aliphatic rings. The van der Waals surface area contributed by atoms with Crippen molar-refractivity contribution < 1.29 is 4.74 Å². The minimum Gasteiger partial charge on any atom is -0.492 e. The van der Waals surface area contributed by atoms with E-state index in [1.165, 1.54) is 27.8 Å². The van der Waals surface area contributed by atoms with Gasteiger partial charge in [-0.25, -0.2) is 0 Å². The molecule has 1 N–H and O–H groups in total. The second-order valence-corrected chi connectivity index (χ2v) is 5.90. The highest BCUT2D eigenvalue weighted by Crippen LogP contribution is 2.21. The summed E-state index contributed by atoms with van der Waals surface area (Å²) in [6, 6.07) is 13.2. The molecule has 0 bridgehead atoms. The Morgan fingerprint density at radius 2 is 1.29 bits per heavy atom. The minimum atomic E-state index is 0.199. The van der Waals surface area contributed by atoms with Crippen LogP contribution in [-0.4, -0.2) is 13.7 Å². The fourth-order valence-corrected chi connectivity index (χ4v) is 2.75. The Labute approximate surface area is 128 Å². The molecule has 0 saturated heterocycles. The maximum atomic E-state index is 5.99. The Morgan fingerprint density at radius 3 is 1.76 bits per heavy atom. The molecule has 112 valence electrons. The molecule has 0 aliphatic carbocycles. The average Bonchev–Trinajstić information content (AvgIpc) is 2.37. The molecule has 0 fully saturated rings. The van der Waals surface area contributed by atoms with Crippen LogP contribution in [0.2, 0.25) is 0 Å². The van der Waals surface area contributed by atoms with Crippen molar-refractivity contribution in [3.8, 4) is 5.75 Å². The van der Waals surface area contributed by atoms with Gasteiger partial charge in [0.25, 0.3) is 0 Å². The Morgan fingerprint density at radius 1 is 0.810 bits per heavy atom. The highest BCUT2D eigenvalue weighted by molar-refractivity contribution is 5.34. The van der Waals surface area contributed by atoms with Gasteiger partial charge in [-0.1, -0.05) is 35.4 Å². The molecular formula is C19H25NO. The fraction of sp³-hybridized carbons (Fsp3) is 0.368. The third kappa shape index (κ3) is 4.33. The summed E-state index contributed by atoms with van der Waals surface area (Å²) in [4.78, 5) is 0. The zero-order chi connectivity index (χ0) is 15.4. The van der Waals surface area contributed by atoms with Crippen LogP contribution in [-0.2, 0) is 0 Å². The number of hydrogen-bond donors (Lipinski definition) is 1. The van der Waals surface area contributed by atoms with E-state index in [0.29, 0.717) is 6.61 Å². The predicted octanol–water partition coefficient (Wildman–Crippen LogP) is 4.26. The molecule has 2 rings (SSSR count). The molecule has 1 unspecified atom stereocenters. The van der Waals surface area contributed by atoms with Gasteiger partial charge >= 0.3 is 0 Å². The van der Waals surface area contributed by atoms with Gasteiger partial charge in [0, 0.05) is 0 Å². The van der Waals surface area contributed by atoms with Gasteiger partial charge < -0.3 is 10.1 Å². The van der Waals surface area contributed by atoms with Crippen molar-refractivity contribution in [1.82, 2.24) is 5.32 Å². The second-order valence-electron chi connectivity index (χ2n) is 5.90. The molecule has 2 nitrogen and oxygen atoms in total. The number of ether oxygens (including phenoxy) is 1. The van der Waals surface area contributed by atoms with Gasteiger partial charge in [-0.15, -0.1) is 0 Å². The third-order valence-corrected chi connectivity index (χ3v) is 3.61. The van der Waals surface area contributed by atoms with Crippen LogP contribution in [0.5, 0.6) is 5.75 Å². The summed E-state index contributed by atoms with van der Waals surface area (Å²) in [5.41, 5.74) is 6.32. The van der Waals surface area contributed by atoms with Crippen molar-refractivity contribution >= 4 is 0 Å². The van der Waals surface area contributed by atoms with Crippen LogP contribution >= 0.6 is 0 Å². The van der Waals surface area contributed by atoms with E-state index in [1.54, 1.807) is 0 Å². The molecule has 0 heterocycles. The Balaban J connectivity index is 2.12. The molecular weight excluding hydrogens is 258 g/mol. The number of likely N-dealkylation sites (N-methyl/N-ethyl adjacent to an activating group) is 1. The largest absolute Gasteiger partial charge is 0.492 e. The Kier molecular flexibility index (Phi) is 5.03. The van der Waals surface area contributed by atoms with Gasteiger partial charge in [0.1, 0.15) is 12.4 Å². The van der Waals surface area contributed by atoms with Crippen molar-refractivity contribution in [1.29, 1.82) is 0 Å². The fourth-order valence-electron chi connectivity index (χ4n) is 2.75.